The number of anilines is 1. The highest BCUT2D eigenvalue weighted by atomic mass is 32.1. The van der Waals surface area contributed by atoms with E-state index >= 15 is 0 Å². The fraction of sp³-hybridized carbons (Fsp3) is 0.158. The topological polar surface area (TPSA) is 102 Å². The molecule has 2 N–H and O–H groups in total. The zero-order valence-electron chi connectivity index (χ0n) is 15.3. The number of amides is 2. The van der Waals surface area contributed by atoms with Crippen molar-refractivity contribution in [2.45, 2.75) is 6.54 Å². The van der Waals surface area contributed by atoms with E-state index in [4.69, 9.17) is 9.47 Å². The minimum Gasteiger partial charge on any atom is -0.497 e. The molecule has 0 saturated carbocycles. The van der Waals surface area contributed by atoms with E-state index in [1.165, 1.54) is 0 Å². The maximum atomic E-state index is 12.3. The van der Waals surface area contributed by atoms with E-state index < -0.39 is 11.8 Å². The molecule has 9 heteroatoms. The van der Waals surface area contributed by atoms with Gasteiger partial charge in [0, 0.05) is 23.9 Å². The van der Waals surface area contributed by atoms with E-state index in [-0.39, 0.29) is 16.6 Å². The zero-order valence-corrected chi connectivity index (χ0v) is 16.1. The predicted octanol–water partition coefficient (Wildman–Crippen LogP) is 2.74. The minimum absolute atomic E-state index is 0.102. The molecule has 0 aliphatic heterocycles. The Kier molecular flexibility index (Phi) is 6.18. The second kappa shape index (κ2) is 8.96. The lowest BCUT2D eigenvalue weighted by molar-refractivity contribution is 0.0948. The molecular formula is C19H18N4O4S. The van der Waals surface area contributed by atoms with Gasteiger partial charge in [0.1, 0.15) is 11.5 Å². The van der Waals surface area contributed by atoms with Crippen LogP contribution in [-0.2, 0) is 6.54 Å². The first-order valence-corrected chi connectivity index (χ1v) is 9.11. The predicted molar refractivity (Wildman–Crippen MR) is 105 cm³/mol. The lowest BCUT2D eigenvalue weighted by atomic mass is 10.2. The SMILES string of the molecule is COc1ccc(CNC(=O)c2nnc(C(=O)Nc3ccccc3)s2)c(OC)c1. The van der Waals surface area contributed by atoms with Crippen LogP contribution in [-0.4, -0.2) is 36.2 Å². The molecule has 8 nitrogen and oxygen atoms in total. The van der Waals surface area contributed by atoms with Crippen LogP contribution >= 0.6 is 11.3 Å². The Morgan fingerprint density at radius 2 is 1.68 bits per heavy atom. The molecule has 2 amide bonds. The lowest BCUT2D eigenvalue weighted by Gasteiger charge is -2.10. The number of carbonyl (C=O) groups is 2. The number of carbonyl (C=O) groups excluding carboxylic acids is 2. The van der Waals surface area contributed by atoms with Gasteiger partial charge in [-0.05, 0) is 24.3 Å². The molecule has 2 aromatic carbocycles. The van der Waals surface area contributed by atoms with Crippen molar-refractivity contribution in [3.05, 3.63) is 64.1 Å². The summed E-state index contributed by atoms with van der Waals surface area (Å²) in [6, 6.07) is 14.3. The van der Waals surface area contributed by atoms with Crippen LogP contribution in [0.15, 0.2) is 48.5 Å². The average Bonchev–Trinajstić information content (AvgIpc) is 3.23. The highest BCUT2D eigenvalue weighted by molar-refractivity contribution is 7.15. The van der Waals surface area contributed by atoms with Crippen LogP contribution < -0.4 is 20.1 Å². The van der Waals surface area contributed by atoms with Gasteiger partial charge in [-0.1, -0.05) is 29.5 Å². The molecule has 3 rings (SSSR count). The van der Waals surface area contributed by atoms with Gasteiger partial charge < -0.3 is 20.1 Å². The van der Waals surface area contributed by atoms with Crippen LogP contribution in [0.5, 0.6) is 11.5 Å². The number of hydrogen-bond donors (Lipinski definition) is 2. The number of nitrogens with zero attached hydrogens (tertiary/aromatic N) is 2. The molecule has 0 unspecified atom stereocenters. The Balaban J connectivity index is 1.62. The number of methoxy groups -OCH3 is 2. The molecule has 1 aromatic heterocycles. The molecule has 0 spiro atoms. The Morgan fingerprint density at radius 1 is 0.964 bits per heavy atom. The Morgan fingerprint density at radius 3 is 2.36 bits per heavy atom. The number of aromatic nitrogens is 2. The third-order valence-corrected chi connectivity index (χ3v) is 4.70. The summed E-state index contributed by atoms with van der Waals surface area (Å²) in [4.78, 5) is 24.5. The summed E-state index contributed by atoms with van der Waals surface area (Å²) in [5.74, 6) is 0.415. The van der Waals surface area contributed by atoms with Crippen molar-refractivity contribution in [3.63, 3.8) is 0 Å². The molecule has 0 fully saturated rings. The number of para-hydroxylation sites is 1. The molecule has 0 bridgehead atoms. The summed E-state index contributed by atoms with van der Waals surface area (Å²) in [7, 11) is 3.11. The first-order chi connectivity index (χ1) is 13.6. The van der Waals surface area contributed by atoms with Crippen LogP contribution in [0.25, 0.3) is 0 Å². The minimum atomic E-state index is -0.422. The summed E-state index contributed by atoms with van der Waals surface area (Å²) < 4.78 is 10.5. The van der Waals surface area contributed by atoms with E-state index in [0.29, 0.717) is 17.2 Å². The summed E-state index contributed by atoms with van der Waals surface area (Å²) in [6.07, 6.45) is 0. The molecule has 0 aliphatic carbocycles. The highest BCUT2D eigenvalue weighted by Gasteiger charge is 2.18. The first kappa shape index (κ1) is 19.3. The van der Waals surface area contributed by atoms with Crippen LogP contribution in [0.4, 0.5) is 5.69 Å². The van der Waals surface area contributed by atoms with Crippen LogP contribution in [0.3, 0.4) is 0 Å². The number of nitrogens with one attached hydrogen (secondary N) is 2. The molecule has 0 atom stereocenters. The fourth-order valence-electron chi connectivity index (χ4n) is 2.36. The summed E-state index contributed by atoms with van der Waals surface area (Å²) in [6.45, 7) is 0.233. The van der Waals surface area contributed by atoms with E-state index in [0.717, 1.165) is 16.9 Å². The maximum Gasteiger partial charge on any atom is 0.286 e. The van der Waals surface area contributed by atoms with Crippen LogP contribution in [0.2, 0.25) is 0 Å². The van der Waals surface area contributed by atoms with Gasteiger partial charge in [-0.25, -0.2) is 0 Å². The smallest absolute Gasteiger partial charge is 0.286 e. The Labute approximate surface area is 165 Å². The summed E-state index contributed by atoms with van der Waals surface area (Å²) in [5, 5.41) is 13.3. The molecule has 144 valence electrons. The number of benzene rings is 2. The maximum absolute atomic E-state index is 12.3. The van der Waals surface area contributed by atoms with Gasteiger partial charge in [0.05, 0.1) is 14.2 Å². The highest BCUT2D eigenvalue weighted by Crippen LogP contribution is 2.24. The normalized spacial score (nSPS) is 10.2. The molecule has 0 radical (unpaired) electrons. The van der Waals surface area contributed by atoms with Gasteiger partial charge >= 0.3 is 0 Å². The van der Waals surface area contributed by atoms with E-state index in [1.54, 1.807) is 44.6 Å². The lowest BCUT2D eigenvalue weighted by Crippen LogP contribution is -2.23. The van der Waals surface area contributed by atoms with Crippen molar-refractivity contribution in [2.24, 2.45) is 0 Å². The van der Waals surface area contributed by atoms with Gasteiger partial charge in [0.2, 0.25) is 10.0 Å². The molecule has 0 aliphatic rings. The number of ether oxygens (including phenoxy) is 2. The quantitative estimate of drug-likeness (QED) is 0.634. The van der Waals surface area contributed by atoms with Crippen LogP contribution in [0, 0.1) is 0 Å². The Hall–Kier alpha value is -3.46. The largest absolute Gasteiger partial charge is 0.497 e. The van der Waals surface area contributed by atoms with E-state index in [2.05, 4.69) is 20.8 Å². The van der Waals surface area contributed by atoms with Crippen molar-refractivity contribution in [3.8, 4) is 11.5 Å². The van der Waals surface area contributed by atoms with Gasteiger partial charge in [-0.3, -0.25) is 9.59 Å². The monoisotopic (exact) mass is 398 g/mol. The van der Waals surface area contributed by atoms with Crippen molar-refractivity contribution in [1.82, 2.24) is 15.5 Å². The van der Waals surface area contributed by atoms with Crippen molar-refractivity contribution >= 4 is 28.8 Å². The first-order valence-electron chi connectivity index (χ1n) is 8.29. The third-order valence-electron chi connectivity index (χ3n) is 3.78. The van der Waals surface area contributed by atoms with Crippen molar-refractivity contribution < 1.29 is 19.1 Å². The van der Waals surface area contributed by atoms with E-state index in [9.17, 15) is 9.59 Å². The second-order valence-electron chi connectivity index (χ2n) is 5.59. The molecule has 1 heterocycles. The van der Waals surface area contributed by atoms with Crippen molar-refractivity contribution in [2.75, 3.05) is 19.5 Å². The van der Waals surface area contributed by atoms with Gasteiger partial charge in [0.25, 0.3) is 11.8 Å². The van der Waals surface area contributed by atoms with Gasteiger partial charge in [-0.15, -0.1) is 10.2 Å². The van der Waals surface area contributed by atoms with Gasteiger partial charge in [-0.2, -0.15) is 0 Å². The standard InChI is InChI=1S/C19H18N4O4S/c1-26-14-9-8-12(15(10-14)27-2)11-20-16(24)18-22-23-19(28-18)17(25)21-13-6-4-3-5-7-13/h3-10H,11H2,1-2H3,(H,20,24)(H,21,25). The summed E-state index contributed by atoms with van der Waals surface area (Å²) >= 11 is 0.922. The number of hydrogen-bond acceptors (Lipinski definition) is 7. The number of rotatable bonds is 7. The molecule has 0 saturated heterocycles. The average molecular weight is 398 g/mol. The van der Waals surface area contributed by atoms with Crippen LogP contribution in [0.1, 0.15) is 25.2 Å². The second-order valence-corrected chi connectivity index (χ2v) is 6.57. The van der Waals surface area contributed by atoms with E-state index in [1.807, 2.05) is 18.2 Å². The third kappa shape index (κ3) is 4.63. The summed E-state index contributed by atoms with van der Waals surface area (Å²) in [5.41, 5.74) is 1.42. The molecule has 28 heavy (non-hydrogen) atoms. The van der Waals surface area contributed by atoms with Gasteiger partial charge in [0.15, 0.2) is 0 Å². The van der Waals surface area contributed by atoms with Crippen molar-refractivity contribution in [1.29, 1.82) is 0 Å². The zero-order chi connectivity index (χ0) is 19.9. The molecular weight excluding hydrogens is 380 g/mol. The molecule has 3 aromatic rings. The Bertz CT molecular complexity index is 975. The fourth-order valence-corrected chi connectivity index (χ4v) is 3.02.